The van der Waals surface area contributed by atoms with Crippen LogP contribution >= 0.6 is 0 Å². The predicted molar refractivity (Wildman–Crippen MR) is 371 cm³/mol. The summed E-state index contributed by atoms with van der Waals surface area (Å²) in [5.74, 6) is -7.26. The molecule has 0 spiro atoms. The van der Waals surface area contributed by atoms with Gasteiger partial charge in [0.2, 0.25) is 23.6 Å². The van der Waals surface area contributed by atoms with E-state index in [1.807, 2.05) is 0 Å². The third kappa shape index (κ3) is 28.3. The van der Waals surface area contributed by atoms with Crippen molar-refractivity contribution in [2.24, 2.45) is 0 Å². The topological polar surface area (TPSA) is 373 Å². The molecule has 0 saturated carbocycles. The van der Waals surface area contributed by atoms with Crippen molar-refractivity contribution in [2.75, 3.05) is 52.4 Å². The lowest BCUT2D eigenvalue weighted by molar-refractivity contribution is -0.385. The van der Waals surface area contributed by atoms with Crippen molar-refractivity contribution in [1.29, 1.82) is 0 Å². The standard InChI is InChI=1S/C74H78F2N10O18/c75-59-28-20-51(21-29-59)36-40-79-67(89)45-83(43-65(87)77-38-9-7-18-63(81-73(95)103-49-53-12-3-1-4-13-53)71(93)101-47-55-24-32-61(33-25-55)85(97)98)69(91)57-16-11-17-58(42-57)70(92)84(46-68(90)80-41-37-52-22-30-60(76)31-23-52)44-66(88)78-39-10-8-19-64(82-74(96)104-50-54-14-5-2-6-15-54)72(94)102-48-56-26-34-62(35-27-56)86(99)100/h1-6,11-17,20-35,42,63-64H,7-10,18-19,36-41,43-50H2,(H,77,87)(H,78,88)(H,79,89)(H,80,90)(H,81,95)(H,82,96)/t63-,64-/m0/s1. The van der Waals surface area contributed by atoms with Crippen LogP contribution in [0.15, 0.2) is 182 Å². The van der Waals surface area contributed by atoms with Crippen molar-refractivity contribution in [3.8, 4) is 0 Å². The number of ether oxygens (including phenoxy) is 4. The van der Waals surface area contributed by atoms with E-state index < -0.39 is 119 Å². The summed E-state index contributed by atoms with van der Waals surface area (Å²) < 4.78 is 48.9. The molecule has 0 aliphatic heterocycles. The second kappa shape index (κ2) is 41.9. The quantitative estimate of drug-likeness (QED) is 0.00695. The van der Waals surface area contributed by atoms with Crippen LogP contribution in [0.25, 0.3) is 0 Å². The van der Waals surface area contributed by atoms with Crippen molar-refractivity contribution < 1.29 is 85.5 Å². The first-order valence-electron chi connectivity index (χ1n) is 33.1. The minimum atomic E-state index is -1.24. The van der Waals surface area contributed by atoms with E-state index in [2.05, 4.69) is 31.9 Å². The van der Waals surface area contributed by atoms with Crippen molar-refractivity contribution in [3.05, 3.63) is 258 Å². The molecular weight excluding hydrogens is 1350 g/mol. The highest BCUT2D eigenvalue weighted by Crippen LogP contribution is 2.18. The van der Waals surface area contributed by atoms with Crippen molar-refractivity contribution in [2.45, 2.75) is 89.9 Å². The van der Waals surface area contributed by atoms with Crippen LogP contribution in [0.2, 0.25) is 0 Å². The number of unbranched alkanes of at least 4 members (excludes halogenated alkanes) is 2. The molecule has 6 N–H and O–H groups in total. The number of nitro benzene ring substituents is 2. The number of carbonyl (C=O) groups is 10. The van der Waals surface area contributed by atoms with Crippen LogP contribution in [0.1, 0.15) is 92.6 Å². The molecule has 0 aliphatic carbocycles. The lowest BCUT2D eigenvalue weighted by Gasteiger charge is -2.24. The number of nitrogens with zero attached hydrogens (tertiary/aromatic N) is 4. The fourth-order valence-corrected chi connectivity index (χ4v) is 10.1. The van der Waals surface area contributed by atoms with Crippen LogP contribution in [-0.2, 0) is 87.0 Å². The second-order valence-corrected chi connectivity index (χ2v) is 23.6. The zero-order valence-electron chi connectivity index (χ0n) is 56.5. The molecule has 7 aromatic carbocycles. The Morgan fingerprint density at radius 3 is 1.04 bits per heavy atom. The van der Waals surface area contributed by atoms with Gasteiger partial charge in [-0.15, -0.1) is 0 Å². The third-order valence-corrected chi connectivity index (χ3v) is 15.7. The molecule has 8 amide bonds. The van der Waals surface area contributed by atoms with E-state index in [9.17, 15) is 77.0 Å². The zero-order valence-corrected chi connectivity index (χ0v) is 56.5. The molecule has 0 bridgehead atoms. The highest BCUT2D eigenvalue weighted by Gasteiger charge is 2.28. The van der Waals surface area contributed by atoms with Crippen molar-refractivity contribution in [3.63, 3.8) is 0 Å². The fraction of sp³-hybridized carbons (Fsp3) is 0.297. The van der Waals surface area contributed by atoms with Crippen LogP contribution in [0.5, 0.6) is 0 Å². The van der Waals surface area contributed by atoms with Crippen LogP contribution in [0.3, 0.4) is 0 Å². The molecule has 28 nitrogen and oxygen atoms in total. The van der Waals surface area contributed by atoms with Gasteiger partial charge in [-0.25, -0.2) is 28.0 Å². The Bertz CT molecular complexity index is 3790. The second-order valence-electron chi connectivity index (χ2n) is 23.6. The van der Waals surface area contributed by atoms with Crippen LogP contribution in [0, 0.1) is 31.9 Å². The van der Waals surface area contributed by atoms with E-state index in [4.69, 9.17) is 18.9 Å². The molecule has 2 atom stereocenters. The summed E-state index contributed by atoms with van der Waals surface area (Å²) in [5.41, 5.74) is 2.88. The number of hydrogen-bond donors (Lipinski definition) is 6. The maximum absolute atomic E-state index is 14.6. The Morgan fingerprint density at radius 1 is 0.375 bits per heavy atom. The van der Waals surface area contributed by atoms with E-state index in [0.717, 1.165) is 15.9 Å². The molecule has 0 unspecified atom stereocenters. The Morgan fingerprint density at radius 2 is 0.692 bits per heavy atom. The Balaban J connectivity index is 0.999. The average molecular weight is 1430 g/mol. The number of rotatable bonds is 40. The number of nitro groups is 2. The van der Waals surface area contributed by atoms with Crippen LogP contribution in [0.4, 0.5) is 29.7 Å². The van der Waals surface area contributed by atoms with E-state index >= 15 is 0 Å². The zero-order chi connectivity index (χ0) is 74.6. The molecule has 7 aromatic rings. The largest absolute Gasteiger partial charge is 0.459 e. The van der Waals surface area contributed by atoms with E-state index in [0.29, 0.717) is 33.4 Å². The summed E-state index contributed by atoms with van der Waals surface area (Å²) in [6, 6.07) is 42.0. The summed E-state index contributed by atoms with van der Waals surface area (Å²) in [6.45, 7) is -3.50. The molecule has 0 heterocycles. The molecule has 0 fully saturated rings. The van der Waals surface area contributed by atoms with Gasteiger partial charge in [0.1, 0.15) is 76.3 Å². The first-order chi connectivity index (χ1) is 50.1. The van der Waals surface area contributed by atoms with Crippen molar-refractivity contribution in [1.82, 2.24) is 41.7 Å². The van der Waals surface area contributed by atoms with E-state index in [-0.39, 0.29) is 126 Å². The molecule has 0 saturated heterocycles. The van der Waals surface area contributed by atoms with Gasteiger partial charge < -0.3 is 60.6 Å². The number of halogens is 2. The Hall–Kier alpha value is -12.5. The van der Waals surface area contributed by atoms with Gasteiger partial charge in [-0.3, -0.25) is 49.0 Å². The highest BCUT2D eigenvalue weighted by molar-refractivity contribution is 6.03. The first kappa shape index (κ1) is 78.8. The van der Waals surface area contributed by atoms with E-state index in [1.165, 1.54) is 115 Å². The van der Waals surface area contributed by atoms with Gasteiger partial charge in [-0.1, -0.05) is 91.0 Å². The molecule has 30 heteroatoms. The minimum absolute atomic E-state index is 0.00637. The summed E-state index contributed by atoms with van der Waals surface area (Å²) in [4.78, 5) is 160. The molecular formula is C74H78F2N10O18. The molecule has 7 rings (SSSR count). The van der Waals surface area contributed by atoms with Gasteiger partial charge in [-0.05, 0) is 151 Å². The summed E-state index contributed by atoms with van der Waals surface area (Å²) in [6.07, 6.45) is -0.475. The highest BCUT2D eigenvalue weighted by atomic mass is 19.1. The van der Waals surface area contributed by atoms with E-state index in [1.54, 1.807) is 60.7 Å². The Labute approximate surface area is 596 Å². The number of nitrogens with one attached hydrogen (secondary N) is 6. The van der Waals surface area contributed by atoms with Gasteiger partial charge in [0.15, 0.2) is 0 Å². The first-order valence-corrected chi connectivity index (χ1v) is 33.1. The van der Waals surface area contributed by atoms with Gasteiger partial charge in [0.25, 0.3) is 23.2 Å². The molecule has 0 radical (unpaired) electrons. The maximum atomic E-state index is 14.6. The number of amides is 8. The lowest BCUT2D eigenvalue weighted by atomic mass is 10.1. The number of non-ortho nitro benzene ring substituents is 2. The normalized spacial score (nSPS) is 11.2. The Kier molecular flexibility index (Phi) is 31.8. The SMILES string of the molecule is O=C(CN(CC(=O)NCCc1ccc(F)cc1)C(=O)c1cccc(C(=O)N(CC(=O)NCCCC[C@H](NC(=O)OCc2ccccc2)C(=O)OCc2ccc([N+](=O)[O-])cc2)CC(=O)NCCc2ccc(F)cc2)c1)NCCCC[C@H](NC(=O)OCc1ccccc1)C(=O)OCc1ccc([N+](=O)[O-])cc1. The maximum Gasteiger partial charge on any atom is 0.408 e. The lowest BCUT2D eigenvalue weighted by Crippen LogP contribution is -2.47. The number of carbonyl (C=O) groups excluding carboxylic acids is 10. The summed E-state index contributed by atoms with van der Waals surface area (Å²) >= 11 is 0. The number of esters is 2. The van der Waals surface area contributed by atoms with Gasteiger partial charge in [0, 0.05) is 61.6 Å². The molecule has 0 aromatic heterocycles. The number of benzene rings is 7. The monoisotopic (exact) mass is 1430 g/mol. The fourth-order valence-electron chi connectivity index (χ4n) is 10.1. The summed E-state index contributed by atoms with van der Waals surface area (Å²) in [7, 11) is 0. The van der Waals surface area contributed by atoms with Crippen molar-refractivity contribution >= 4 is 70.9 Å². The smallest absolute Gasteiger partial charge is 0.408 e. The third-order valence-electron chi connectivity index (χ3n) is 15.7. The molecule has 0 aliphatic rings. The number of alkyl carbamates (subject to hydrolysis) is 2. The molecule has 104 heavy (non-hydrogen) atoms. The van der Waals surface area contributed by atoms with Gasteiger partial charge >= 0.3 is 24.1 Å². The van der Waals surface area contributed by atoms with Gasteiger partial charge in [-0.2, -0.15) is 0 Å². The average Bonchev–Trinajstić information content (AvgIpc) is 0.827. The van der Waals surface area contributed by atoms with Gasteiger partial charge in [0.05, 0.1) is 9.85 Å². The van der Waals surface area contributed by atoms with Crippen LogP contribution in [-0.4, -0.2) is 144 Å². The molecule has 546 valence electrons. The summed E-state index contributed by atoms with van der Waals surface area (Å²) in [5, 5.41) is 38.1. The predicted octanol–water partition coefficient (Wildman–Crippen LogP) is 8.03. The van der Waals surface area contributed by atoms with Crippen LogP contribution < -0.4 is 31.9 Å². The number of hydrogen-bond acceptors (Lipinski definition) is 18. The minimum Gasteiger partial charge on any atom is -0.459 e.